The molecule has 0 atom stereocenters. The van der Waals surface area contributed by atoms with Crippen molar-refractivity contribution in [3.05, 3.63) is 93.6 Å². The summed E-state index contributed by atoms with van der Waals surface area (Å²) in [5.41, 5.74) is 1.84. The topological polar surface area (TPSA) is 74.0 Å². The lowest BCUT2D eigenvalue weighted by atomic mass is 10.2. The minimum Gasteiger partial charge on any atom is -0.471 e. The SMILES string of the molecule is Cc1cc(NC(=O)c2ccnn2COc2ccc(Cl)cc2)nn1Cc1ccc(F)cc1Cl. The summed E-state index contributed by atoms with van der Waals surface area (Å²) in [5, 5.41) is 12.2. The van der Waals surface area contributed by atoms with E-state index in [1.54, 1.807) is 47.1 Å². The number of aromatic nitrogens is 4. The molecule has 0 radical (unpaired) electrons. The molecule has 4 aromatic rings. The van der Waals surface area contributed by atoms with E-state index < -0.39 is 5.82 Å². The maximum atomic E-state index is 13.3. The van der Waals surface area contributed by atoms with Crippen LogP contribution in [0.15, 0.2) is 60.8 Å². The van der Waals surface area contributed by atoms with Crippen LogP contribution in [0.25, 0.3) is 0 Å². The third kappa shape index (κ3) is 5.09. The van der Waals surface area contributed by atoms with E-state index in [-0.39, 0.29) is 12.6 Å². The van der Waals surface area contributed by atoms with Crippen molar-refractivity contribution in [2.75, 3.05) is 5.32 Å². The van der Waals surface area contributed by atoms with Crippen molar-refractivity contribution < 1.29 is 13.9 Å². The Hall–Kier alpha value is -3.36. The molecule has 0 fully saturated rings. The molecule has 0 saturated heterocycles. The Kier molecular flexibility index (Phi) is 6.43. The van der Waals surface area contributed by atoms with Crippen LogP contribution in [0.4, 0.5) is 10.2 Å². The molecule has 0 aliphatic heterocycles. The van der Waals surface area contributed by atoms with Gasteiger partial charge in [-0.2, -0.15) is 10.2 Å². The Morgan fingerprint density at radius 1 is 1.09 bits per heavy atom. The fourth-order valence-corrected chi connectivity index (χ4v) is 3.37. The second-order valence-electron chi connectivity index (χ2n) is 6.96. The van der Waals surface area contributed by atoms with E-state index in [1.807, 2.05) is 6.92 Å². The zero-order chi connectivity index (χ0) is 22.7. The van der Waals surface area contributed by atoms with Crippen LogP contribution in [0.2, 0.25) is 10.0 Å². The highest BCUT2D eigenvalue weighted by molar-refractivity contribution is 6.31. The molecule has 2 heterocycles. The second kappa shape index (κ2) is 9.42. The van der Waals surface area contributed by atoms with E-state index >= 15 is 0 Å². The van der Waals surface area contributed by atoms with E-state index in [9.17, 15) is 9.18 Å². The highest BCUT2D eigenvalue weighted by Crippen LogP contribution is 2.20. The Morgan fingerprint density at radius 3 is 2.62 bits per heavy atom. The fraction of sp³-hybridized carbons (Fsp3) is 0.136. The monoisotopic (exact) mass is 473 g/mol. The highest BCUT2D eigenvalue weighted by Gasteiger charge is 2.15. The van der Waals surface area contributed by atoms with Gasteiger partial charge in [-0.25, -0.2) is 9.07 Å². The smallest absolute Gasteiger partial charge is 0.275 e. The zero-order valence-electron chi connectivity index (χ0n) is 16.9. The summed E-state index contributed by atoms with van der Waals surface area (Å²) in [7, 11) is 0. The fourth-order valence-electron chi connectivity index (χ4n) is 3.02. The minimum absolute atomic E-state index is 0.0495. The van der Waals surface area contributed by atoms with Crippen molar-refractivity contribution in [2.45, 2.75) is 20.2 Å². The summed E-state index contributed by atoms with van der Waals surface area (Å²) >= 11 is 12.0. The van der Waals surface area contributed by atoms with Crippen LogP contribution >= 0.6 is 23.2 Å². The van der Waals surface area contributed by atoms with Gasteiger partial charge in [0.25, 0.3) is 5.91 Å². The molecule has 0 aliphatic rings. The standard InChI is InChI=1S/C22H18Cl2FN5O2/c1-14-10-21(28-29(14)12-15-2-5-17(25)11-19(15)24)27-22(31)20-8-9-26-30(20)13-32-18-6-3-16(23)4-7-18/h2-11H,12-13H2,1H3,(H,27,28,31). The van der Waals surface area contributed by atoms with Crippen LogP contribution < -0.4 is 10.1 Å². The number of amides is 1. The summed E-state index contributed by atoms with van der Waals surface area (Å²) < 4.78 is 22.0. The van der Waals surface area contributed by atoms with Crippen LogP contribution in [0.3, 0.4) is 0 Å². The second-order valence-corrected chi connectivity index (χ2v) is 7.81. The first-order chi connectivity index (χ1) is 15.4. The molecule has 10 heteroatoms. The lowest BCUT2D eigenvalue weighted by Crippen LogP contribution is -2.20. The number of hydrogen-bond acceptors (Lipinski definition) is 4. The number of nitrogens with zero attached hydrogens (tertiary/aromatic N) is 4. The first-order valence-electron chi connectivity index (χ1n) is 9.59. The van der Waals surface area contributed by atoms with E-state index in [2.05, 4.69) is 15.5 Å². The summed E-state index contributed by atoms with van der Waals surface area (Å²) in [5.74, 6) is 0.189. The summed E-state index contributed by atoms with van der Waals surface area (Å²) in [4.78, 5) is 12.8. The van der Waals surface area contributed by atoms with Crippen LogP contribution in [-0.4, -0.2) is 25.5 Å². The predicted octanol–water partition coefficient (Wildman–Crippen LogP) is 5.17. The van der Waals surface area contributed by atoms with Crippen LogP contribution in [0, 0.1) is 12.7 Å². The van der Waals surface area contributed by atoms with Crippen molar-refractivity contribution in [3.8, 4) is 5.75 Å². The molecule has 4 rings (SSSR count). The number of aryl methyl sites for hydroxylation is 1. The van der Waals surface area contributed by atoms with Gasteiger partial charge in [-0.15, -0.1) is 0 Å². The Morgan fingerprint density at radius 2 is 1.88 bits per heavy atom. The molecule has 2 aromatic carbocycles. The zero-order valence-corrected chi connectivity index (χ0v) is 18.4. The lowest BCUT2D eigenvalue weighted by Gasteiger charge is -2.09. The minimum atomic E-state index is -0.402. The highest BCUT2D eigenvalue weighted by atomic mass is 35.5. The molecule has 0 bridgehead atoms. The molecular formula is C22H18Cl2FN5O2. The molecule has 0 aliphatic carbocycles. The van der Waals surface area contributed by atoms with Crippen LogP contribution in [0.1, 0.15) is 21.7 Å². The van der Waals surface area contributed by atoms with Gasteiger partial charge in [-0.1, -0.05) is 29.3 Å². The summed E-state index contributed by atoms with van der Waals surface area (Å²) in [6, 6.07) is 14.4. The summed E-state index contributed by atoms with van der Waals surface area (Å²) in [6.07, 6.45) is 1.51. The first-order valence-corrected chi connectivity index (χ1v) is 10.3. The van der Waals surface area contributed by atoms with Crippen molar-refractivity contribution >= 4 is 34.9 Å². The number of rotatable bonds is 7. The van der Waals surface area contributed by atoms with Gasteiger partial charge in [0.05, 0.1) is 6.54 Å². The van der Waals surface area contributed by atoms with Crippen molar-refractivity contribution in [3.63, 3.8) is 0 Å². The third-order valence-electron chi connectivity index (χ3n) is 4.67. The van der Waals surface area contributed by atoms with E-state index in [4.69, 9.17) is 27.9 Å². The maximum absolute atomic E-state index is 13.3. The van der Waals surface area contributed by atoms with Gasteiger partial charge in [0.15, 0.2) is 12.5 Å². The Bertz CT molecular complexity index is 1250. The third-order valence-corrected chi connectivity index (χ3v) is 5.28. The molecule has 0 unspecified atom stereocenters. The number of hydrogen-bond donors (Lipinski definition) is 1. The predicted molar refractivity (Wildman–Crippen MR) is 120 cm³/mol. The average Bonchev–Trinajstić information content (AvgIpc) is 3.36. The molecule has 0 spiro atoms. The van der Waals surface area contributed by atoms with E-state index in [0.29, 0.717) is 33.9 Å². The molecular weight excluding hydrogens is 456 g/mol. The number of anilines is 1. The Balaban J connectivity index is 1.43. The number of carbonyl (C=O) groups excluding carboxylic acids is 1. The van der Waals surface area contributed by atoms with E-state index in [1.165, 1.54) is 23.0 Å². The van der Waals surface area contributed by atoms with Gasteiger partial charge in [-0.05, 0) is 55.0 Å². The van der Waals surface area contributed by atoms with Gasteiger partial charge in [0.1, 0.15) is 17.3 Å². The maximum Gasteiger partial charge on any atom is 0.275 e. The van der Waals surface area contributed by atoms with Crippen molar-refractivity contribution in [2.24, 2.45) is 0 Å². The molecule has 164 valence electrons. The molecule has 7 nitrogen and oxygen atoms in total. The Labute approximate surface area is 193 Å². The van der Waals surface area contributed by atoms with Gasteiger partial charge >= 0.3 is 0 Å². The lowest BCUT2D eigenvalue weighted by molar-refractivity contribution is 0.100. The van der Waals surface area contributed by atoms with Crippen molar-refractivity contribution in [1.29, 1.82) is 0 Å². The molecule has 32 heavy (non-hydrogen) atoms. The number of carbonyl (C=O) groups is 1. The number of halogens is 3. The van der Waals surface area contributed by atoms with E-state index in [0.717, 1.165) is 11.3 Å². The molecule has 1 amide bonds. The largest absolute Gasteiger partial charge is 0.471 e. The van der Waals surface area contributed by atoms with Crippen LogP contribution in [-0.2, 0) is 13.3 Å². The number of ether oxygens (including phenoxy) is 1. The average molecular weight is 474 g/mol. The number of nitrogens with one attached hydrogen (secondary N) is 1. The first kappa shape index (κ1) is 21.9. The van der Waals surface area contributed by atoms with Crippen molar-refractivity contribution in [1.82, 2.24) is 19.6 Å². The summed E-state index contributed by atoms with van der Waals surface area (Å²) in [6.45, 7) is 2.24. The normalized spacial score (nSPS) is 10.9. The molecule has 2 aromatic heterocycles. The molecule has 0 saturated carbocycles. The number of benzene rings is 2. The van der Waals surface area contributed by atoms with Gasteiger partial charge in [0.2, 0.25) is 0 Å². The molecule has 1 N–H and O–H groups in total. The van der Waals surface area contributed by atoms with Gasteiger partial charge in [-0.3, -0.25) is 9.48 Å². The van der Waals surface area contributed by atoms with Gasteiger partial charge in [0, 0.05) is 28.0 Å². The quantitative estimate of drug-likeness (QED) is 0.401. The van der Waals surface area contributed by atoms with Crippen LogP contribution in [0.5, 0.6) is 5.75 Å². The van der Waals surface area contributed by atoms with Gasteiger partial charge < -0.3 is 10.1 Å².